The third-order valence-electron chi connectivity index (χ3n) is 3.79. The Morgan fingerprint density at radius 3 is 2.84 bits per heavy atom. The van der Waals surface area contributed by atoms with Crippen molar-refractivity contribution in [2.75, 3.05) is 11.9 Å². The first kappa shape index (κ1) is 17.3. The van der Waals surface area contributed by atoms with E-state index in [1.54, 1.807) is 24.3 Å². The second kappa shape index (κ2) is 7.17. The molecule has 0 bridgehead atoms. The molecule has 0 fully saturated rings. The van der Waals surface area contributed by atoms with E-state index in [1.165, 1.54) is 12.3 Å². The van der Waals surface area contributed by atoms with Crippen LogP contribution in [0.25, 0.3) is 0 Å². The van der Waals surface area contributed by atoms with Gasteiger partial charge in [0.05, 0.1) is 16.8 Å². The van der Waals surface area contributed by atoms with E-state index in [1.807, 2.05) is 19.9 Å². The zero-order valence-corrected chi connectivity index (χ0v) is 14.6. The van der Waals surface area contributed by atoms with Gasteiger partial charge in [0.25, 0.3) is 0 Å². The van der Waals surface area contributed by atoms with Crippen LogP contribution >= 0.6 is 11.6 Å². The minimum atomic E-state index is -0.811. The fourth-order valence-electron chi connectivity index (χ4n) is 2.56. The number of carbonyl (C=O) groups is 1. The summed E-state index contributed by atoms with van der Waals surface area (Å²) in [6.07, 6.45) is 0.686. The van der Waals surface area contributed by atoms with Gasteiger partial charge in [-0.1, -0.05) is 23.2 Å². The minimum absolute atomic E-state index is 0.0160. The van der Waals surface area contributed by atoms with Crippen LogP contribution in [0.1, 0.15) is 22.8 Å². The zero-order chi connectivity index (χ0) is 18.0. The molecule has 1 aliphatic heterocycles. The van der Waals surface area contributed by atoms with Gasteiger partial charge in [-0.25, -0.2) is 0 Å². The maximum atomic E-state index is 12.9. The number of phenolic OH excluding ortho intramolecular Hbond substituents is 1. The average molecular weight is 360 g/mol. The quantitative estimate of drug-likeness (QED) is 0.629. The lowest BCUT2D eigenvalue weighted by atomic mass is 9.98. The van der Waals surface area contributed by atoms with Gasteiger partial charge in [-0.3, -0.25) is 4.79 Å². The first-order chi connectivity index (χ1) is 12.0. The Hall–Kier alpha value is -2.50. The van der Waals surface area contributed by atoms with E-state index in [9.17, 15) is 9.90 Å². The Labute approximate surface area is 150 Å². The lowest BCUT2D eigenvalue weighted by Crippen LogP contribution is -2.33. The highest BCUT2D eigenvalue weighted by Gasteiger charge is 2.32. The molecular weight excluding hydrogens is 342 g/mol. The van der Waals surface area contributed by atoms with E-state index < -0.39 is 6.29 Å². The Kier molecular flexibility index (Phi) is 4.97. The number of phenols is 1. The molecule has 2 N–H and O–H groups in total. The topological polar surface area (TPSA) is 67.8 Å². The van der Waals surface area contributed by atoms with Crippen LogP contribution in [-0.4, -0.2) is 23.8 Å². The van der Waals surface area contributed by atoms with Crippen LogP contribution in [0.2, 0.25) is 5.02 Å². The monoisotopic (exact) mass is 359 g/mol. The summed E-state index contributed by atoms with van der Waals surface area (Å²) >= 11 is 5.83. The number of carbonyl (C=O) groups excluding carboxylic acids is 1. The molecule has 1 atom stereocenters. The van der Waals surface area contributed by atoms with Crippen molar-refractivity contribution < 1.29 is 19.4 Å². The van der Waals surface area contributed by atoms with Gasteiger partial charge in [-0.2, -0.15) is 0 Å². The summed E-state index contributed by atoms with van der Waals surface area (Å²) in [5.74, 6) is 0.308. The van der Waals surface area contributed by atoms with Crippen molar-refractivity contribution >= 4 is 23.1 Å². The maximum absolute atomic E-state index is 12.9. The van der Waals surface area contributed by atoms with Gasteiger partial charge in [0.1, 0.15) is 11.5 Å². The lowest BCUT2D eigenvalue weighted by molar-refractivity contribution is -0.0509. The number of halogens is 1. The number of hydrogen-bond donors (Lipinski definition) is 2. The highest BCUT2D eigenvalue weighted by Crippen LogP contribution is 2.33. The van der Waals surface area contributed by atoms with Crippen LogP contribution in [0.5, 0.6) is 11.5 Å². The van der Waals surface area contributed by atoms with E-state index in [-0.39, 0.29) is 11.5 Å². The average Bonchev–Trinajstić information content (AvgIpc) is 2.57. The molecule has 3 rings (SSSR count). The highest BCUT2D eigenvalue weighted by atomic mass is 35.5. The Bertz CT molecular complexity index is 847. The summed E-state index contributed by atoms with van der Waals surface area (Å²) in [4.78, 5) is 12.9. The van der Waals surface area contributed by atoms with Gasteiger partial charge >= 0.3 is 0 Å². The van der Waals surface area contributed by atoms with Crippen molar-refractivity contribution in [3.05, 3.63) is 64.3 Å². The normalized spacial score (nSPS) is 18.0. The van der Waals surface area contributed by atoms with Gasteiger partial charge in [0, 0.05) is 23.9 Å². The summed E-state index contributed by atoms with van der Waals surface area (Å²) in [5, 5.41) is 13.3. The predicted molar refractivity (Wildman–Crippen MR) is 96.4 cm³/mol. The minimum Gasteiger partial charge on any atom is -0.506 e. The number of benzene rings is 2. The molecule has 0 aliphatic carbocycles. The molecule has 2 aromatic carbocycles. The summed E-state index contributed by atoms with van der Waals surface area (Å²) in [6.45, 7) is 4.13. The van der Waals surface area contributed by atoms with Crippen LogP contribution in [0.3, 0.4) is 0 Å². The molecule has 0 radical (unpaired) electrons. The SMILES string of the molecule is CCOC1Oc2ccc(C)cc2C(=O)C1=CNc1ccc(Cl)cc1O. The van der Waals surface area contributed by atoms with E-state index in [0.29, 0.717) is 34.2 Å². The molecule has 6 heteroatoms. The number of aromatic hydroxyl groups is 1. The first-order valence-corrected chi connectivity index (χ1v) is 8.26. The van der Waals surface area contributed by atoms with Crippen molar-refractivity contribution in [2.45, 2.75) is 20.1 Å². The molecule has 1 aliphatic rings. The largest absolute Gasteiger partial charge is 0.506 e. The number of nitrogens with one attached hydrogen (secondary N) is 1. The third kappa shape index (κ3) is 3.62. The fourth-order valence-corrected chi connectivity index (χ4v) is 2.72. The number of fused-ring (bicyclic) bond motifs is 1. The Balaban J connectivity index is 1.95. The summed E-state index contributed by atoms with van der Waals surface area (Å²) < 4.78 is 11.4. The van der Waals surface area contributed by atoms with Gasteiger partial charge < -0.3 is 19.9 Å². The predicted octanol–water partition coefficient (Wildman–Crippen LogP) is 4.29. The number of ether oxygens (including phenoxy) is 2. The molecule has 0 saturated heterocycles. The first-order valence-electron chi connectivity index (χ1n) is 7.88. The molecule has 130 valence electrons. The van der Waals surface area contributed by atoms with Crippen molar-refractivity contribution in [3.8, 4) is 11.5 Å². The van der Waals surface area contributed by atoms with Crippen LogP contribution in [0.4, 0.5) is 5.69 Å². The standard InChI is InChI=1S/C19H18ClNO4/c1-3-24-19-14(10-21-15-6-5-12(20)9-16(15)22)18(23)13-8-11(2)4-7-17(13)25-19/h4-10,19,21-22H,3H2,1-2H3. The molecule has 25 heavy (non-hydrogen) atoms. The Morgan fingerprint density at radius 2 is 2.12 bits per heavy atom. The van der Waals surface area contributed by atoms with Crippen LogP contribution in [-0.2, 0) is 4.74 Å². The highest BCUT2D eigenvalue weighted by molar-refractivity contribution is 6.30. The maximum Gasteiger partial charge on any atom is 0.232 e. The second-order valence-electron chi connectivity index (χ2n) is 5.64. The van der Waals surface area contributed by atoms with Crippen LogP contribution < -0.4 is 10.1 Å². The summed E-state index contributed by atoms with van der Waals surface area (Å²) in [6, 6.07) is 10.1. The lowest BCUT2D eigenvalue weighted by Gasteiger charge is -2.27. The van der Waals surface area contributed by atoms with Crippen molar-refractivity contribution in [1.29, 1.82) is 0 Å². The number of anilines is 1. The Morgan fingerprint density at radius 1 is 1.32 bits per heavy atom. The molecule has 0 aromatic heterocycles. The molecule has 0 spiro atoms. The van der Waals surface area contributed by atoms with Gasteiger partial charge in [-0.05, 0) is 38.1 Å². The van der Waals surface area contributed by atoms with Gasteiger partial charge in [0.15, 0.2) is 5.78 Å². The number of ketones is 1. The van der Waals surface area contributed by atoms with Crippen LogP contribution in [0.15, 0.2) is 48.2 Å². The molecular formula is C19H18ClNO4. The third-order valence-corrected chi connectivity index (χ3v) is 4.03. The smallest absolute Gasteiger partial charge is 0.232 e. The van der Waals surface area contributed by atoms with E-state index in [2.05, 4.69) is 5.32 Å². The van der Waals surface area contributed by atoms with Gasteiger partial charge in [0.2, 0.25) is 6.29 Å². The van der Waals surface area contributed by atoms with Gasteiger partial charge in [-0.15, -0.1) is 0 Å². The molecule has 0 amide bonds. The number of hydrogen-bond acceptors (Lipinski definition) is 5. The zero-order valence-electron chi connectivity index (χ0n) is 13.9. The number of rotatable bonds is 4. The van der Waals surface area contributed by atoms with E-state index in [0.717, 1.165) is 5.56 Å². The molecule has 2 aromatic rings. The molecule has 1 unspecified atom stereocenters. The number of Topliss-reactive ketones (excluding diaryl/α,β-unsaturated/α-hetero) is 1. The second-order valence-corrected chi connectivity index (χ2v) is 6.08. The summed E-state index contributed by atoms with van der Waals surface area (Å²) in [7, 11) is 0. The van der Waals surface area contributed by atoms with Crippen LogP contribution in [0, 0.1) is 6.92 Å². The van der Waals surface area contributed by atoms with E-state index in [4.69, 9.17) is 21.1 Å². The fraction of sp³-hybridized carbons (Fsp3) is 0.211. The van der Waals surface area contributed by atoms with Crippen molar-refractivity contribution in [3.63, 3.8) is 0 Å². The molecule has 1 heterocycles. The number of aryl methyl sites for hydroxylation is 1. The van der Waals surface area contributed by atoms with Crippen molar-refractivity contribution in [1.82, 2.24) is 0 Å². The summed E-state index contributed by atoms with van der Waals surface area (Å²) in [5.41, 5.74) is 2.21. The molecule has 5 nitrogen and oxygen atoms in total. The molecule has 0 saturated carbocycles. The van der Waals surface area contributed by atoms with E-state index >= 15 is 0 Å². The van der Waals surface area contributed by atoms with Crippen molar-refractivity contribution in [2.24, 2.45) is 0 Å².